The summed E-state index contributed by atoms with van der Waals surface area (Å²) >= 11 is 0. The van der Waals surface area contributed by atoms with Crippen LogP contribution in [-0.4, -0.2) is 24.2 Å². The van der Waals surface area contributed by atoms with Gasteiger partial charge < -0.3 is 9.47 Å². The Kier molecular flexibility index (Phi) is 4.54. The number of pyridine rings is 2. The van der Waals surface area contributed by atoms with Crippen LogP contribution in [0.4, 0.5) is 0 Å². The molecule has 0 saturated heterocycles. The largest absolute Gasteiger partial charge is 0.493 e. The summed E-state index contributed by atoms with van der Waals surface area (Å²) in [5, 5.41) is 3.74. The van der Waals surface area contributed by atoms with E-state index in [9.17, 15) is 0 Å². The average Bonchev–Trinajstić information content (AvgIpc) is 2.73. The number of methoxy groups -OCH3 is 2. The standard InChI is InChI=1S/C21H21N3O2/c1-25-19-12-15-11-18(17-5-3-4-8-23-17)24-21(14-6-9-22-10-7-14)16(15)13-20(19)26-2/h3-10,12-13,18,21,24H,11H2,1-2H3/t18-,21-/m0/s1. The molecule has 0 amide bonds. The zero-order chi connectivity index (χ0) is 17.9. The molecule has 0 bridgehead atoms. The first-order valence-corrected chi connectivity index (χ1v) is 8.62. The van der Waals surface area contributed by atoms with E-state index in [1.807, 2.05) is 42.9 Å². The first-order chi connectivity index (χ1) is 12.8. The number of hydrogen-bond acceptors (Lipinski definition) is 5. The molecule has 3 heterocycles. The van der Waals surface area contributed by atoms with Crippen LogP contribution in [0, 0.1) is 0 Å². The van der Waals surface area contributed by atoms with Gasteiger partial charge in [-0.3, -0.25) is 15.3 Å². The van der Waals surface area contributed by atoms with E-state index in [0.29, 0.717) is 0 Å². The number of hydrogen-bond donors (Lipinski definition) is 1. The first-order valence-electron chi connectivity index (χ1n) is 8.62. The highest BCUT2D eigenvalue weighted by Gasteiger charge is 2.30. The minimum absolute atomic E-state index is 0.0357. The smallest absolute Gasteiger partial charge is 0.161 e. The maximum Gasteiger partial charge on any atom is 0.161 e. The summed E-state index contributed by atoms with van der Waals surface area (Å²) in [6.45, 7) is 0. The van der Waals surface area contributed by atoms with Crippen molar-refractivity contribution in [3.05, 3.63) is 83.4 Å². The van der Waals surface area contributed by atoms with E-state index >= 15 is 0 Å². The van der Waals surface area contributed by atoms with Crippen molar-refractivity contribution in [2.45, 2.75) is 18.5 Å². The van der Waals surface area contributed by atoms with E-state index in [1.54, 1.807) is 14.2 Å². The van der Waals surface area contributed by atoms with Gasteiger partial charge in [-0.25, -0.2) is 0 Å². The summed E-state index contributed by atoms with van der Waals surface area (Å²) in [7, 11) is 3.33. The van der Waals surface area contributed by atoms with Crippen LogP contribution in [-0.2, 0) is 6.42 Å². The summed E-state index contributed by atoms with van der Waals surface area (Å²) in [4.78, 5) is 8.70. The van der Waals surface area contributed by atoms with Crippen LogP contribution in [0.3, 0.4) is 0 Å². The van der Waals surface area contributed by atoms with E-state index in [0.717, 1.165) is 29.2 Å². The van der Waals surface area contributed by atoms with Crippen LogP contribution in [0.25, 0.3) is 0 Å². The summed E-state index contributed by atoms with van der Waals surface area (Å²) < 4.78 is 11.0. The number of aromatic nitrogens is 2. The molecule has 1 aliphatic rings. The zero-order valence-electron chi connectivity index (χ0n) is 14.8. The highest BCUT2D eigenvalue weighted by Crippen LogP contribution is 2.40. The Morgan fingerprint density at radius 2 is 1.73 bits per heavy atom. The highest BCUT2D eigenvalue weighted by molar-refractivity contribution is 5.52. The molecule has 2 aromatic heterocycles. The molecule has 1 aliphatic heterocycles. The van der Waals surface area contributed by atoms with Gasteiger partial charge in [0.2, 0.25) is 0 Å². The summed E-state index contributed by atoms with van der Waals surface area (Å²) in [5.74, 6) is 1.49. The molecule has 2 atom stereocenters. The number of benzene rings is 1. The third-order valence-corrected chi connectivity index (χ3v) is 4.83. The monoisotopic (exact) mass is 347 g/mol. The van der Waals surface area contributed by atoms with E-state index in [2.05, 4.69) is 33.5 Å². The van der Waals surface area contributed by atoms with E-state index < -0.39 is 0 Å². The van der Waals surface area contributed by atoms with Gasteiger partial charge in [0.15, 0.2) is 11.5 Å². The summed E-state index contributed by atoms with van der Waals surface area (Å²) in [5.41, 5.74) is 4.63. The Morgan fingerprint density at radius 3 is 2.42 bits per heavy atom. The first kappa shape index (κ1) is 16.5. The van der Waals surface area contributed by atoms with Gasteiger partial charge in [-0.15, -0.1) is 0 Å². The molecule has 0 unspecified atom stereocenters. The number of nitrogens with zero attached hydrogens (tertiary/aromatic N) is 2. The Balaban J connectivity index is 1.83. The molecule has 0 spiro atoms. The van der Waals surface area contributed by atoms with Crippen molar-refractivity contribution >= 4 is 0 Å². The van der Waals surface area contributed by atoms with Crippen molar-refractivity contribution in [1.29, 1.82) is 0 Å². The van der Waals surface area contributed by atoms with Gasteiger partial charge in [0.25, 0.3) is 0 Å². The molecule has 26 heavy (non-hydrogen) atoms. The quantitative estimate of drug-likeness (QED) is 0.783. The molecule has 0 fully saturated rings. The fourth-order valence-corrected chi connectivity index (χ4v) is 3.56. The van der Waals surface area contributed by atoms with Crippen LogP contribution in [0.15, 0.2) is 61.1 Å². The molecule has 4 rings (SSSR count). The van der Waals surface area contributed by atoms with Crippen molar-refractivity contribution in [2.24, 2.45) is 0 Å². The van der Waals surface area contributed by atoms with Crippen molar-refractivity contribution in [2.75, 3.05) is 14.2 Å². The van der Waals surface area contributed by atoms with E-state index in [4.69, 9.17) is 9.47 Å². The molecule has 1 N–H and O–H groups in total. The Labute approximate surface area is 153 Å². The van der Waals surface area contributed by atoms with Gasteiger partial charge >= 0.3 is 0 Å². The molecule has 0 radical (unpaired) electrons. The van der Waals surface area contributed by atoms with Crippen molar-refractivity contribution in [3.8, 4) is 11.5 Å². The highest BCUT2D eigenvalue weighted by atomic mass is 16.5. The molecule has 0 saturated carbocycles. The van der Waals surface area contributed by atoms with Gasteiger partial charge in [0, 0.05) is 18.6 Å². The lowest BCUT2D eigenvalue weighted by Gasteiger charge is -2.34. The molecule has 132 valence electrons. The zero-order valence-corrected chi connectivity index (χ0v) is 14.8. The fraction of sp³-hybridized carbons (Fsp3) is 0.238. The molecule has 0 aliphatic carbocycles. The molecule has 5 nitrogen and oxygen atoms in total. The van der Waals surface area contributed by atoms with Gasteiger partial charge in [-0.05, 0) is 59.5 Å². The molecular formula is C21H21N3O2. The lowest BCUT2D eigenvalue weighted by molar-refractivity contribution is 0.350. The van der Waals surface area contributed by atoms with E-state index in [-0.39, 0.29) is 12.1 Å². The van der Waals surface area contributed by atoms with Gasteiger partial charge in [0.1, 0.15) is 0 Å². The SMILES string of the molecule is COc1cc2c(cc1OC)[C@H](c1ccncc1)N[C@H](c1ccccn1)C2. The second-order valence-electron chi connectivity index (χ2n) is 6.30. The molecule has 5 heteroatoms. The average molecular weight is 347 g/mol. The minimum Gasteiger partial charge on any atom is -0.493 e. The summed E-state index contributed by atoms with van der Waals surface area (Å²) in [6.07, 6.45) is 6.32. The second-order valence-corrected chi connectivity index (χ2v) is 6.30. The summed E-state index contributed by atoms with van der Waals surface area (Å²) in [6, 6.07) is 14.4. The minimum atomic E-state index is 0.0357. The maximum absolute atomic E-state index is 5.52. The number of rotatable bonds is 4. The topological polar surface area (TPSA) is 56.3 Å². The predicted molar refractivity (Wildman–Crippen MR) is 99.4 cm³/mol. The van der Waals surface area contributed by atoms with Crippen LogP contribution in [0.5, 0.6) is 11.5 Å². The number of nitrogens with one attached hydrogen (secondary N) is 1. The van der Waals surface area contributed by atoms with Gasteiger partial charge in [-0.2, -0.15) is 0 Å². The van der Waals surface area contributed by atoms with Crippen molar-refractivity contribution in [3.63, 3.8) is 0 Å². The van der Waals surface area contributed by atoms with Crippen LogP contribution in [0.2, 0.25) is 0 Å². The number of fused-ring (bicyclic) bond motifs is 1. The van der Waals surface area contributed by atoms with Crippen molar-refractivity contribution in [1.82, 2.24) is 15.3 Å². The Hall–Kier alpha value is -2.92. The Morgan fingerprint density at radius 1 is 0.962 bits per heavy atom. The van der Waals surface area contributed by atoms with Crippen LogP contribution in [0.1, 0.15) is 34.5 Å². The lowest BCUT2D eigenvalue weighted by atomic mass is 9.85. The number of ether oxygens (including phenoxy) is 2. The van der Waals surface area contributed by atoms with E-state index in [1.165, 1.54) is 11.1 Å². The molecule has 3 aromatic rings. The van der Waals surface area contributed by atoms with Gasteiger partial charge in [0.05, 0.1) is 32.0 Å². The maximum atomic E-state index is 5.52. The Bertz CT molecular complexity index is 885. The predicted octanol–water partition coefficient (Wildman–Crippen LogP) is 3.47. The third kappa shape index (κ3) is 3.02. The van der Waals surface area contributed by atoms with Gasteiger partial charge in [-0.1, -0.05) is 6.07 Å². The van der Waals surface area contributed by atoms with Crippen LogP contribution >= 0.6 is 0 Å². The van der Waals surface area contributed by atoms with Crippen molar-refractivity contribution < 1.29 is 9.47 Å². The molecular weight excluding hydrogens is 326 g/mol. The second kappa shape index (κ2) is 7.14. The lowest BCUT2D eigenvalue weighted by Crippen LogP contribution is -2.34. The fourth-order valence-electron chi connectivity index (χ4n) is 3.56. The molecule has 1 aromatic carbocycles. The normalized spacial score (nSPS) is 18.8. The van der Waals surface area contributed by atoms with Crippen LogP contribution < -0.4 is 14.8 Å². The third-order valence-electron chi connectivity index (χ3n) is 4.83.